The van der Waals surface area contributed by atoms with Crippen LogP contribution in [0.25, 0.3) is 10.1 Å². The van der Waals surface area contributed by atoms with E-state index in [1.165, 1.54) is 11.3 Å². The molecule has 1 heterocycles. The van der Waals surface area contributed by atoms with Gasteiger partial charge in [-0.2, -0.15) is 0 Å². The van der Waals surface area contributed by atoms with E-state index in [2.05, 4.69) is 15.9 Å². The number of halogens is 1. The first-order valence-corrected chi connectivity index (χ1v) is 6.10. The summed E-state index contributed by atoms with van der Waals surface area (Å²) in [5.74, 6) is 0.225. The third-order valence-electron chi connectivity index (χ3n) is 2.13. The largest absolute Gasteiger partial charge is 0.506 e. The van der Waals surface area contributed by atoms with Crippen molar-refractivity contribution >= 4 is 37.4 Å². The molecule has 0 aliphatic rings. The molecule has 2 N–H and O–H groups in total. The van der Waals surface area contributed by atoms with E-state index in [9.17, 15) is 5.11 Å². The van der Waals surface area contributed by atoms with E-state index in [0.717, 1.165) is 15.6 Å². The van der Waals surface area contributed by atoms with Crippen molar-refractivity contribution in [2.75, 3.05) is 0 Å². The molecular weight excluding hydrogens is 264 g/mol. The predicted molar refractivity (Wildman–Crippen MR) is 62.0 cm³/mol. The second kappa shape index (κ2) is 3.88. The van der Waals surface area contributed by atoms with Crippen molar-refractivity contribution in [2.24, 2.45) is 0 Å². The van der Waals surface area contributed by atoms with Gasteiger partial charge in [-0.3, -0.25) is 0 Å². The highest BCUT2D eigenvalue weighted by atomic mass is 79.9. The summed E-state index contributed by atoms with van der Waals surface area (Å²) in [5.41, 5.74) is 1.05. The van der Waals surface area contributed by atoms with E-state index >= 15 is 0 Å². The van der Waals surface area contributed by atoms with Crippen LogP contribution in [0.15, 0.2) is 18.2 Å². The topological polar surface area (TPSA) is 40.5 Å². The fourth-order valence-electron chi connectivity index (χ4n) is 1.47. The van der Waals surface area contributed by atoms with Crippen molar-refractivity contribution in [3.8, 4) is 5.75 Å². The minimum Gasteiger partial charge on any atom is -0.506 e. The Balaban J connectivity index is 2.79. The Morgan fingerprint density at radius 2 is 2.14 bits per heavy atom. The Morgan fingerprint density at radius 1 is 1.36 bits per heavy atom. The highest BCUT2D eigenvalue weighted by molar-refractivity contribution is 9.08. The first-order valence-electron chi connectivity index (χ1n) is 4.17. The number of fused-ring (bicyclic) bond motifs is 1. The number of hydrogen-bond acceptors (Lipinski definition) is 3. The maximum absolute atomic E-state index is 9.83. The van der Waals surface area contributed by atoms with Crippen molar-refractivity contribution in [2.45, 2.75) is 11.9 Å². The molecule has 0 spiro atoms. The number of benzene rings is 1. The van der Waals surface area contributed by atoms with Crippen molar-refractivity contribution < 1.29 is 10.2 Å². The molecule has 1 aromatic heterocycles. The molecule has 0 aliphatic heterocycles. The third kappa shape index (κ3) is 1.43. The van der Waals surface area contributed by atoms with Gasteiger partial charge in [0.25, 0.3) is 0 Å². The summed E-state index contributed by atoms with van der Waals surface area (Å²) in [6, 6.07) is 5.87. The van der Waals surface area contributed by atoms with Gasteiger partial charge in [0.15, 0.2) is 0 Å². The van der Waals surface area contributed by atoms with E-state index in [1.807, 2.05) is 18.2 Å². The van der Waals surface area contributed by atoms with Gasteiger partial charge in [-0.05, 0) is 11.6 Å². The second-order valence-electron chi connectivity index (χ2n) is 2.96. The van der Waals surface area contributed by atoms with Crippen molar-refractivity contribution in [1.29, 1.82) is 0 Å². The molecule has 74 valence electrons. The Morgan fingerprint density at radius 3 is 2.79 bits per heavy atom. The molecule has 0 amide bonds. The van der Waals surface area contributed by atoms with Gasteiger partial charge < -0.3 is 10.2 Å². The Bertz CT molecular complexity index is 464. The zero-order valence-electron chi connectivity index (χ0n) is 7.33. The van der Waals surface area contributed by atoms with Gasteiger partial charge in [0, 0.05) is 15.4 Å². The molecular formula is C10H9BrO2S. The van der Waals surface area contributed by atoms with Gasteiger partial charge in [-0.1, -0.05) is 28.1 Å². The number of rotatable bonds is 2. The number of aliphatic hydroxyl groups excluding tert-OH is 1. The lowest BCUT2D eigenvalue weighted by atomic mass is 10.1. The van der Waals surface area contributed by atoms with Gasteiger partial charge in [0.05, 0.1) is 11.5 Å². The SMILES string of the molecule is OCc1sc2cccc(CBr)c2c1O. The molecule has 2 aromatic rings. The minimum absolute atomic E-state index is 0.104. The van der Waals surface area contributed by atoms with E-state index in [0.29, 0.717) is 10.2 Å². The van der Waals surface area contributed by atoms with Crippen LogP contribution in [0.1, 0.15) is 10.4 Å². The van der Waals surface area contributed by atoms with Crippen LogP contribution in [0.2, 0.25) is 0 Å². The maximum Gasteiger partial charge on any atom is 0.139 e. The van der Waals surface area contributed by atoms with Gasteiger partial charge >= 0.3 is 0 Å². The molecule has 0 aliphatic carbocycles. The molecule has 2 rings (SSSR count). The number of aliphatic hydroxyl groups is 1. The third-order valence-corrected chi connectivity index (χ3v) is 3.87. The van der Waals surface area contributed by atoms with Crippen LogP contribution in [0.5, 0.6) is 5.75 Å². The maximum atomic E-state index is 9.83. The lowest BCUT2D eigenvalue weighted by molar-refractivity contribution is 0.280. The van der Waals surface area contributed by atoms with Gasteiger partial charge in [0.2, 0.25) is 0 Å². The highest BCUT2D eigenvalue weighted by Gasteiger charge is 2.12. The number of thiophene rings is 1. The van der Waals surface area contributed by atoms with Crippen molar-refractivity contribution in [1.82, 2.24) is 0 Å². The smallest absolute Gasteiger partial charge is 0.139 e. The molecule has 0 saturated carbocycles. The molecule has 4 heteroatoms. The fourth-order valence-corrected chi connectivity index (χ4v) is 2.94. The first-order chi connectivity index (χ1) is 6.77. The average molecular weight is 273 g/mol. The summed E-state index contributed by atoms with van der Waals surface area (Å²) in [6.45, 7) is -0.104. The van der Waals surface area contributed by atoms with E-state index in [1.54, 1.807) is 0 Å². The van der Waals surface area contributed by atoms with E-state index in [-0.39, 0.29) is 12.4 Å². The zero-order valence-corrected chi connectivity index (χ0v) is 9.73. The average Bonchev–Trinajstić information content (AvgIpc) is 2.55. The lowest BCUT2D eigenvalue weighted by Crippen LogP contribution is -1.79. The molecule has 0 unspecified atom stereocenters. The van der Waals surface area contributed by atoms with Crippen LogP contribution in [-0.4, -0.2) is 10.2 Å². The second-order valence-corrected chi connectivity index (χ2v) is 4.65. The van der Waals surface area contributed by atoms with E-state index in [4.69, 9.17) is 5.11 Å². The molecule has 0 radical (unpaired) electrons. The van der Waals surface area contributed by atoms with E-state index < -0.39 is 0 Å². The Kier molecular flexibility index (Phi) is 2.76. The Hall–Kier alpha value is -0.580. The van der Waals surface area contributed by atoms with Crippen LogP contribution < -0.4 is 0 Å². The minimum atomic E-state index is -0.104. The summed E-state index contributed by atoms with van der Waals surface area (Å²) in [6.07, 6.45) is 0. The van der Waals surface area contributed by atoms with Crippen LogP contribution in [-0.2, 0) is 11.9 Å². The summed E-state index contributed by atoms with van der Waals surface area (Å²) in [4.78, 5) is 0.633. The van der Waals surface area contributed by atoms with Crippen LogP contribution in [0, 0.1) is 0 Å². The molecule has 0 atom stereocenters. The molecule has 1 aromatic carbocycles. The van der Waals surface area contributed by atoms with Crippen LogP contribution in [0.4, 0.5) is 0 Å². The molecule has 0 saturated heterocycles. The monoisotopic (exact) mass is 272 g/mol. The molecule has 2 nitrogen and oxygen atoms in total. The van der Waals surface area contributed by atoms with Gasteiger partial charge in [-0.25, -0.2) is 0 Å². The quantitative estimate of drug-likeness (QED) is 0.826. The van der Waals surface area contributed by atoms with Crippen LogP contribution >= 0.6 is 27.3 Å². The predicted octanol–water partition coefficient (Wildman–Crippen LogP) is 2.99. The summed E-state index contributed by atoms with van der Waals surface area (Å²) < 4.78 is 1.02. The Labute approximate surface area is 93.9 Å². The van der Waals surface area contributed by atoms with Crippen molar-refractivity contribution in [3.05, 3.63) is 28.6 Å². The fraction of sp³-hybridized carbons (Fsp3) is 0.200. The number of hydrogen-bond donors (Lipinski definition) is 2. The van der Waals surface area contributed by atoms with Crippen molar-refractivity contribution in [3.63, 3.8) is 0 Å². The highest BCUT2D eigenvalue weighted by Crippen LogP contribution is 2.39. The number of alkyl halides is 1. The normalized spacial score (nSPS) is 11.0. The lowest BCUT2D eigenvalue weighted by Gasteiger charge is -1.98. The standard InChI is InChI=1S/C10H9BrO2S/c11-4-6-2-1-3-7-9(6)10(13)8(5-12)14-7/h1-3,12-13H,4-5H2. The summed E-state index contributed by atoms with van der Waals surface area (Å²) in [5, 5.41) is 20.4. The van der Waals surface area contributed by atoms with Gasteiger partial charge in [-0.15, -0.1) is 11.3 Å². The summed E-state index contributed by atoms with van der Waals surface area (Å²) >= 11 is 4.81. The zero-order chi connectivity index (χ0) is 10.1. The summed E-state index contributed by atoms with van der Waals surface area (Å²) in [7, 11) is 0. The molecule has 14 heavy (non-hydrogen) atoms. The van der Waals surface area contributed by atoms with Crippen LogP contribution in [0.3, 0.4) is 0 Å². The van der Waals surface area contributed by atoms with Gasteiger partial charge in [0.1, 0.15) is 5.75 Å². The molecule has 0 fully saturated rings. The number of aromatic hydroxyl groups is 1. The molecule has 0 bridgehead atoms. The first kappa shape index (κ1) is 9.96.